The lowest BCUT2D eigenvalue weighted by atomic mass is 10.1. The van der Waals surface area contributed by atoms with Crippen LogP contribution in [0.15, 0.2) is 71.5 Å². The minimum atomic E-state index is 0.609. The Morgan fingerprint density at radius 1 is 0.870 bits per heavy atom. The highest BCUT2D eigenvalue weighted by atomic mass is 32.1. The summed E-state index contributed by atoms with van der Waals surface area (Å²) in [5.41, 5.74) is 5.01. The van der Waals surface area contributed by atoms with Crippen molar-refractivity contribution in [3.05, 3.63) is 62.6 Å². The first kappa shape index (κ1) is 12.9. The third-order valence-electron chi connectivity index (χ3n) is 3.65. The Morgan fingerprint density at radius 3 is 2.48 bits per heavy atom. The minimum Gasteiger partial charge on any atom is -0.246 e. The van der Waals surface area contributed by atoms with Crippen LogP contribution in [0, 0.1) is 0 Å². The summed E-state index contributed by atoms with van der Waals surface area (Å²) in [5, 5.41) is 8.27. The molecule has 7 heteroatoms. The van der Waals surface area contributed by atoms with Gasteiger partial charge in [0.05, 0.1) is 17.1 Å². The van der Waals surface area contributed by atoms with Crippen LogP contribution in [0.4, 0.5) is 0 Å². The van der Waals surface area contributed by atoms with Gasteiger partial charge in [0.1, 0.15) is 6.34 Å². The summed E-state index contributed by atoms with van der Waals surface area (Å²) in [5.74, 6) is 1.22. The third kappa shape index (κ3) is 2.05. The number of hydrogen-bond donors (Lipinski definition) is 0. The van der Waals surface area contributed by atoms with E-state index in [9.17, 15) is 0 Å². The summed E-state index contributed by atoms with van der Waals surface area (Å²) < 4.78 is 0. The molecule has 0 fully saturated rings. The number of hydrogen-bond acceptors (Lipinski definition) is 7. The average molecular weight is 335 g/mol. The largest absolute Gasteiger partial charge is 0.246 e. The van der Waals surface area contributed by atoms with E-state index in [0.717, 1.165) is 28.2 Å². The fourth-order valence-corrected chi connectivity index (χ4v) is 3.87. The maximum Gasteiger partial charge on any atom is 0.239 e. The maximum atomic E-state index is 4.64. The monoisotopic (exact) mass is 335 g/mol. The molecule has 0 aliphatic carbocycles. The molecule has 2 aromatic heterocycles. The van der Waals surface area contributed by atoms with Gasteiger partial charge in [-0.1, -0.05) is 0 Å². The Kier molecular flexibility index (Phi) is 2.76. The molecule has 5 rings (SSSR count). The zero-order chi connectivity index (χ0) is 15.2. The van der Waals surface area contributed by atoms with Gasteiger partial charge in [0.2, 0.25) is 11.9 Å². The predicted molar refractivity (Wildman–Crippen MR) is 96.4 cm³/mol. The smallest absolute Gasteiger partial charge is 0.239 e. The van der Waals surface area contributed by atoms with Gasteiger partial charge in [-0.2, -0.15) is 22.7 Å². The molecular formula is C16H9N5S2. The van der Waals surface area contributed by atoms with Crippen molar-refractivity contribution in [3.63, 3.8) is 0 Å². The van der Waals surface area contributed by atoms with Gasteiger partial charge in [0, 0.05) is 21.9 Å². The Labute approximate surface area is 140 Å². The molecule has 0 N–H and O–H groups in total. The van der Waals surface area contributed by atoms with E-state index in [1.165, 1.54) is 6.34 Å². The average Bonchev–Trinajstić information content (AvgIpc) is 3.28. The molecule has 0 unspecified atom stereocenters. The lowest BCUT2D eigenvalue weighted by Gasteiger charge is -2.31. The summed E-state index contributed by atoms with van der Waals surface area (Å²) in [6.45, 7) is 0. The zero-order valence-corrected chi connectivity index (χ0v) is 13.4. The van der Waals surface area contributed by atoms with Gasteiger partial charge in [-0.3, -0.25) is 0 Å². The molecule has 23 heavy (non-hydrogen) atoms. The van der Waals surface area contributed by atoms with E-state index in [0.29, 0.717) is 11.9 Å². The van der Waals surface area contributed by atoms with Crippen LogP contribution in [0.1, 0.15) is 11.1 Å². The topological polar surface area (TPSA) is 52.7 Å². The van der Waals surface area contributed by atoms with Gasteiger partial charge in [-0.15, -0.1) is 0 Å². The molecule has 3 aliphatic rings. The molecular weight excluding hydrogens is 326 g/mol. The van der Waals surface area contributed by atoms with Crippen molar-refractivity contribution in [2.75, 3.05) is 0 Å². The van der Waals surface area contributed by atoms with Crippen LogP contribution in [0.2, 0.25) is 0 Å². The molecule has 0 saturated heterocycles. The van der Waals surface area contributed by atoms with Crippen LogP contribution in [-0.2, 0) is 0 Å². The Balaban J connectivity index is 1.68. The van der Waals surface area contributed by atoms with Crippen LogP contribution >= 0.6 is 22.7 Å². The van der Waals surface area contributed by atoms with Gasteiger partial charge >= 0.3 is 0 Å². The summed E-state index contributed by atoms with van der Waals surface area (Å²) in [7, 11) is 0. The summed E-state index contributed by atoms with van der Waals surface area (Å²) in [4.78, 5) is 19.8. The number of allylic oxidation sites excluding steroid dienone is 2. The maximum absolute atomic E-state index is 4.64. The fraction of sp³-hybridized carbons (Fsp3) is 0. The first-order valence-corrected chi connectivity index (χ1v) is 8.83. The van der Waals surface area contributed by atoms with Gasteiger partial charge < -0.3 is 0 Å². The summed E-state index contributed by atoms with van der Waals surface area (Å²) in [6.07, 6.45) is 5.63. The van der Waals surface area contributed by atoms with Crippen molar-refractivity contribution in [3.8, 4) is 0 Å². The molecule has 2 aromatic rings. The molecule has 5 nitrogen and oxygen atoms in total. The van der Waals surface area contributed by atoms with E-state index in [1.807, 2.05) is 15.7 Å². The lowest BCUT2D eigenvalue weighted by Crippen LogP contribution is -2.40. The number of nitrogens with zero attached hydrogens (tertiary/aromatic N) is 5. The van der Waals surface area contributed by atoms with E-state index in [4.69, 9.17) is 0 Å². The van der Waals surface area contributed by atoms with Crippen molar-refractivity contribution in [1.29, 1.82) is 0 Å². The zero-order valence-electron chi connectivity index (χ0n) is 11.7. The molecule has 0 aromatic carbocycles. The van der Waals surface area contributed by atoms with Crippen molar-refractivity contribution in [1.82, 2.24) is 4.90 Å². The molecule has 110 valence electrons. The second-order valence-corrected chi connectivity index (χ2v) is 6.60. The highest BCUT2D eigenvalue weighted by Gasteiger charge is 2.30. The van der Waals surface area contributed by atoms with Gasteiger partial charge in [-0.05, 0) is 35.0 Å². The molecule has 3 aliphatic heterocycles. The number of guanidine groups is 2. The van der Waals surface area contributed by atoms with E-state index in [-0.39, 0.29) is 0 Å². The molecule has 0 spiro atoms. The molecule has 0 amide bonds. The Hall–Kier alpha value is -2.64. The fourth-order valence-electron chi connectivity index (χ4n) is 2.57. The Morgan fingerprint density at radius 2 is 1.70 bits per heavy atom. The standard InChI is InChI=1S/C16H9N5S2/c1-3-22-7-10(1)13-5-12-6-14(11-2-4-23-8-11)20-16-18-9-17-15(19-13)21(12)16/h1-9H. The highest BCUT2D eigenvalue weighted by Crippen LogP contribution is 2.30. The number of rotatable bonds is 2. The van der Waals surface area contributed by atoms with Crippen LogP contribution in [0.3, 0.4) is 0 Å². The van der Waals surface area contributed by atoms with Gasteiger partial charge in [0.25, 0.3) is 0 Å². The normalized spacial score (nSPS) is 18.6. The summed E-state index contributed by atoms with van der Waals surface area (Å²) in [6, 6.07) is 4.13. The predicted octanol–water partition coefficient (Wildman–Crippen LogP) is 3.61. The van der Waals surface area contributed by atoms with Crippen LogP contribution in [-0.4, -0.2) is 28.9 Å². The summed E-state index contributed by atoms with van der Waals surface area (Å²) >= 11 is 3.31. The third-order valence-corrected chi connectivity index (χ3v) is 5.02. The minimum absolute atomic E-state index is 0.609. The molecule has 0 radical (unpaired) electrons. The SMILES string of the molecule is C1=NC2=NC(c3ccsc3)=CC3=CC(c4ccsc4)=NC(=N1)N32. The molecule has 5 heterocycles. The van der Waals surface area contributed by atoms with E-state index in [1.54, 1.807) is 22.7 Å². The quantitative estimate of drug-likeness (QED) is 0.827. The second kappa shape index (κ2) is 4.94. The first-order chi connectivity index (χ1) is 11.4. The van der Waals surface area contributed by atoms with Crippen LogP contribution < -0.4 is 0 Å². The molecule has 0 bridgehead atoms. The van der Waals surface area contributed by atoms with Crippen molar-refractivity contribution in [2.24, 2.45) is 20.0 Å². The van der Waals surface area contributed by atoms with Crippen LogP contribution in [0.25, 0.3) is 5.70 Å². The molecule has 0 saturated carbocycles. The lowest BCUT2D eigenvalue weighted by molar-refractivity contribution is 0.738. The molecule has 0 atom stereocenters. The van der Waals surface area contributed by atoms with Crippen molar-refractivity contribution < 1.29 is 0 Å². The van der Waals surface area contributed by atoms with Gasteiger partial charge in [-0.25, -0.2) is 24.9 Å². The van der Waals surface area contributed by atoms with Gasteiger partial charge in [0.15, 0.2) is 0 Å². The van der Waals surface area contributed by atoms with E-state index >= 15 is 0 Å². The van der Waals surface area contributed by atoms with E-state index in [2.05, 4.69) is 55.0 Å². The second-order valence-electron chi connectivity index (χ2n) is 5.04. The Bertz CT molecular complexity index is 922. The van der Waals surface area contributed by atoms with Crippen molar-refractivity contribution in [2.45, 2.75) is 0 Å². The first-order valence-electron chi connectivity index (χ1n) is 6.95. The number of aliphatic imine (C=N–C) groups is 4. The van der Waals surface area contributed by atoms with Crippen LogP contribution in [0.5, 0.6) is 0 Å². The highest BCUT2D eigenvalue weighted by molar-refractivity contribution is 7.08. The number of thiophene rings is 2. The van der Waals surface area contributed by atoms with Crippen molar-refractivity contribution >= 4 is 52.3 Å². The van der Waals surface area contributed by atoms with E-state index < -0.39 is 0 Å².